The predicted molar refractivity (Wildman–Crippen MR) is 80.4 cm³/mol. The van der Waals surface area contributed by atoms with E-state index in [2.05, 4.69) is 28.1 Å². The van der Waals surface area contributed by atoms with Crippen molar-refractivity contribution >= 4 is 0 Å². The van der Waals surface area contributed by atoms with Gasteiger partial charge in [0.25, 0.3) is 0 Å². The molecule has 0 radical (unpaired) electrons. The number of rotatable bonds is 7. The van der Waals surface area contributed by atoms with E-state index >= 15 is 0 Å². The molecule has 3 aliphatic rings. The van der Waals surface area contributed by atoms with Gasteiger partial charge >= 0.3 is 0 Å². The van der Waals surface area contributed by atoms with Gasteiger partial charge in [-0.05, 0) is 44.6 Å². The monoisotopic (exact) mass is 276 g/mol. The van der Waals surface area contributed by atoms with Gasteiger partial charge in [0.1, 0.15) is 5.54 Å². The van der Waals surface area contributed by atoms with Gasteiger partial charge in [0, 0.05) is 38.8 Å². The van der Waals surface area contributed by atoms with E-state index in [1.54, 1.807) is 0 Å². The van der Waals surface area contributed by atoms with Gasteiger partial charge in [-0.1, -0.05) is 6.92 Å². The van der Waals surface area contributed by atoms with Gasteiger partial charge in [0.15, 0.2) is 0 Å². The lowest BCUT2D eigenvalue weighted by Crippen LogP contribution is -2.58. The Hall–Kier alpha value is -0.630. The van der Waals surface area contributed by atoms with Gasteiger partial charge in [0.2, 0.25) is 0 Å². The van der Waals surface area contributed by atoms with E-state index in [0.717, 1.165) is 19.6 Å². The van der Waals surface area contributed by atoms with Crippen LogP contribution in [0.1, 0.15) is 39.0 Å². The summed E-state index contributed by atoms with van der Waals surface area (Å²) in [4.78, 5) is 5.07. The van der Waals surface area contributed by atoms with Crippen molar-refractivity contribution in [2.24, 2.45) is 5.92 Å². The third kappa shape index (κ3) is 3.33. The van der Waals surface area contributed by atoms with Crippen LogP contribution >= 0.6 is 0 Å². The van der Waals surface area contributed by atoms with Crippen molar-refractivity contribution in [1.29, 1.82) is 5.26 Å². The Morgan fingerprint density at radius 2 is 1.75 bits per heavy atom. The number of hydrogen-bond acceptors (Lipinski definition) is 4. The highest BCUT2D eigenvalue weighted by Crippen LogP contribution is 2.41. The highest BCUT2D eigenvalue weighted by atomic mass is 15.3. The summed E-state index contributed by atoms with van der Waals surface area (Å²) in [6.07, 6.45) is 6.25. The second kappa shape index (κ2) is 6.01. The number of hydrogen-bond donors (Lipinski definition) is 1. The molecular formula is C16H28N4. The zero-order chi connectivity index (χ0) is 14.0. The summed E-state index contributed by atoms with van der Waals surface area (Å²) in [6.45, 7) is 9.00. The molecule has 3 fully saturated rings. The van der Waals surface area contributed by atoms with Crippen LogP contribution < -0.4 is 5.32 Å². The van der Waals surface area contributed by atoms with Crippen LogP contribution in [0.5, 0.6) is 0 Å². The Bertz CT molecular complexity index is 361. The fraction of sp³-hybridized carbons (Fsp3) is 0.938. The van der Waals surface area contributed by atoms with Gasteiger partial charge in [-0.3, -0.25) is 10.2 Å². The average Bonchev–Trinajstić information content (AvgIpc) is 3.33. The Morgan fingerprint density at radius 3 is 2.25 bits per heavy atom. The molecule has 1 N–H and O–H groups in total. The van der Waals surface area contributed by atoms with Crippen molar-refractivity contribution in [3.63, 3.8) is 0 Å². The van der Waals surface area contributed by atoms with E-state index in [1.807, 2.05) is 0 Å². The predicted octanol–water partition coefficient (Wildman–Crippen LogP) is 1.44. The third-order valence-corrected chi connectivity index (χ3v) is 4.99. The minimum Gasteiger partial charge on any atom is -0.301 e. The van der Waals surface area contributed by atoms with Crippen molar-refractivity contribution in [3.8, 4) is 6.07 Å². The first-order chi connectivity index (χ1) is 9.75. The molecule has 1 heterocycles. The maximum Gasteiger partial charge on any atom is 0.122 e. The summed E-state index contributed by atoms with van der Waals surface area (Å²) >= 11 is 0. The second-order valence-corrected chi connectivity index (χ2v) is 6.89. The van der Waals surface area contributed by atoms with Crippen LogP contribution in [0.2, 0.25) is 0 Å². The first kappa shape index (κ1) is 14.3. The summed E-state index contributed by atoms with van der Waals surface area (Å²) in [7, 11) is 0. The maximum absolute atomic E-state index is 9.78. The smallest absolute Gasteiger partial charge is 0.122 e. The van der Waals surface area contributed by atoms with E-state index in [0.29, 0.717) is 12.0 Å². The van der Waals surface area contributed by atoms with E-state index in [9.17, 15) is 5.26 Å². The van der Waals surface area contributed by atoms with Crippen LogP contribution in [0.25, 0.3) is 0 Å². The summed E-state index contributed by atoms with van der Waals surface area (Å²) in [5.74, 6) is 0.599. The largest absolute Gasteiger partial charge is 0.301 e. The highest BCUT2D eigenvalue weighted by molar-refractivity contribution is 5.18. The molecule has 1 unspecified atom stereocenters. The van der Waals surface area contributed by atoms with E-state index < -0.39 is 0 Å². The Balaban J connectivity index is 1.55. The lowest BCUT2D eigenvalue weighted by Gasteiger charge is -2.39. The van der Waals surface area contributed by atoms with E-state index in [-0.39, 0.29) is 5.54 Å². The summed E-state index contributed by atoms with van der Waals surface area (Å²) in [5, 5.41) is 13.5. The first-order valence-corrected chi connectivity index (χ1v) is 8.39. The van der Waals surface area contributed by atoms with Crippen LogP contribution in [0.4, 0.5) is 0 Å². The molecule has 2 aliphatic carbocycles. The van der Waals surface area contributed by atoms with E-state index in [4.69, 9.17) is 0 Å². The van der Waals surface area contributed by atoms with Crippen LogP contribution in [-0.2, 0) is 0 Å². The van der Waals surface area contributed by atoms with Crippen molar-refractivity contribution in [3.05, 3.63) is 0 Å². The first-order valence-electron chi connectivity index (χ1n) is 8.39. The standard InChI is InChI=1S/C16H28N4/c1-2-7-19-8-10-20(11-9-19)13-16(12-17,14-3-4-14)18-15-5-6-15/h14-15,18H,2-11,13H2,1H3. The molecule has 0 bridgehead atoms. The Kier molecular flexibility index (Phi) is 4.30. The molecule has 2 saturated carbocycles. The number of nitriles is 1. The van der Waals surface area contributed by atoms with Crippen molar-refractivity contribution in [2.75, 3.05) is 39.3 Å². The number of piperazine rings is 1. The normalized spacial score (nSPS) is 28.0. The van der Waals surface area contributed by atoms with Crippen LogP contribution in [0.15, 0.2) is 0 Å². The molecular weight excluding hydrogens is 248 g/mol. The molecule has 4 heteroatoms. The SMILES string of the molecule is CCCN1CCN(CC(C#N)(NC2CC2)C2CC2)CC1. The molecule has 20 heavy (non-hydrogen) atoms. The zero-order valence-electron chi connectivity index (χ0n) is 12.8. The van der Waals surface area contributed by atoms with Crippen LogP contribution in [0, 0.1) is 17.2 Å². The second-order valence-electron chi connectivity index (χ2n) is 6.89. The molecule has 1 saturated heterocycles. The highest BCUT2D eigenvalue weighted by Gasteiger charge is 2.49. The molecule has 0 amide bonds. The van der Waals surface area contributed by atoms with Gasteiger partial charge in [-0.25, -0.2) is 0 Å². The molecule has 1 aliphatic heterocycles. The maximum atomic E-state index is 9.78. The molecule has 0 aromatic rings. The van der Waals surface area contributed by atoms with E-state index in [1.165, 1.54) is 51.7 Å². The van der Waals surface area contributed by atoms with Crippen LogP contribution in [-0.4, -0.2) is 60.6 Å². The Morgan fingerprint density at radius 1 is 1.10 bits per heavy atom. The summed E-state index contributed by atoms with van der Waals surface area (Å²) < 4.78 is 0. The molecule has 0 spiro atoms. The quantitative estimate of drug-likeness (QED) is 0.764. The lowest BCUT2D eigenvalue weighted by molar-refractivity contribution is 0.107. The molecule has 1 atom stereocenters. The van der Waals surface area contributed by atoms with Crippen molar-refractivity contribution in [1.82, 2.24) is 15.1 Å². The molecule has 0 aromatic heterocycles. The molecule has 0 aromatic carbocycles. The minimum atomic E-state index is -0.256. The third-order valence-electron chi connectivity index (χ3n) is 4.99. The fourth-order valence-electron chi connectivity index (χ4n) is 3.46. The molecule has 3 rings (SSSR count). The Labute approximate surface area is 123 Å². The fourth-order valence-corrected chi connectivity index (χ4v) is 3.46. The minimum absolute atomic E-state index is 0.256. The van der Waals surface area contributed by atoms with Gasteiger partial charge in [-0.2, -0.15) is 5.26 Å². The van der Waals surface area contributed by atoms with Gasteiger partial charge < -0.3 is 4.90 Å². The lowest BCUT2D eigenvalue weighted by atomic mass is 9.93. The molecule has 4 nitrogen and oxygen atoms in total. The summed E-state index contributed by atoms with van der Waals surface area (Å²) in [5.41, 5.74) is -0.256. The van der Waals surface area contributed by atoms with Crippen LogP contribution in [0.3, 0.4) is 0 Å². The number of nitrogens with zero attached hydrogens (tertiary/aromatic N) is 3. The topological polar surface area (TPSA) is 42.3 Å². The summed E-state index contributed by atoms with van der Waals surface area (Å²) in [6, 6.07) is 3.29. The van der Waals surface area contributed by atoms with Crippen molar-refractivity contribution in [2.45, 2.75) is 50.6 Å². The zero-order valence-corrected chi connectivity index (χ0v) is 12.8. The van der Waals surface area contributed by atoms with Gasteiger partial charge in [0.05, 0.1) is 6.07 Å². The molecule has 112 valence electrons. The average molecular weight is 276 g/mol. The van der Waals surface area contributed by atoms with Gasteiger partial charge in [-0.15, -0.1) is 0 Å². The number of nitrogens with one attached hydrogen (secondary N) is 1. The van der Waals surface area contributed by atoms with Crippen molar-refractivity contribution < 1.29 is 0 Å².